The van der Waals surface area contributed by atoms with Crippen LogP contribution < -0.4 is 0 Å². The van der Waals surface area contributed by atoms with Gasteiger partial charge in [0.2, 0.25) is 0 Å². The van der Waals surface area contributed by atoms with Gasteiger partial charge >= 0.3 is 0 Å². The standard InChI is InChI=1S/C18H26N2O/c1-13(2)19-11-14(3)12-20(19)17(21)15-7-9-16(10-8-15)18(4,5)6/h7-10,13H,3,11-12H2,1-2,4-6H3. The lowest BCUT2D eigenvalue weighted by Crippen LogP contribution is -2.44. The first-order valence-corrected chi connectivity index (χ1v) is 7.56. The van der Waals surface area contributed by atoms with Gasteiger partial charge in [-0.25, -0.2) is 5.01 Å². The summed E-state index contributed by atoms with van der Waals surface area (Å²) < 4.78 is 0. The van der Waals surface area contributed by atoms with Gasteiger partial charge in [-0.15, -0.1) is 0 Å². The first kappa shape index (κ1) is 15.8. The van der Waals surface area contributed by atoms with Gasteiger partial charge in [0, 0.05) is 18.2 Å². The van der Waals surface area contributed by atoms with Crippen molar-refractivity contribution < 1.29 is 4.79 Å². The molecule has 1 saturated heterocycles. The lowest BCUT2D eigenvalue weighted by atomic mass is 9.86. The highest BCUT2D eigenvalue weighted by atomic mass is 16.2. The number of carbonyl (C=O) groups is 1. The van der Waals surface area contributed by atoms with E-state index in [1.807, 2.05) is 17.1 Å². The summed E-state index contributed by atoms with van der Waals surface area (Å²) in [6.45, 7) is 16.1. The Morgan fingerprint density at radius 1 is 1.14 bits per heavy atom. The largest absolute Gasteiger partial charge is 0.268 e. The van der Waals surface area contributed by atoms with E-state index in [1.165, 1.54) is 5.56 Å². The first-order valence-electron chi connectivity index (χ1n) is 7.56. The summed E-state index contributed by atoms with van der Waals surface area (Å²) in [7, 11) is 0. The van der Waals surface area contributed by atoms with Crippen molar-refractivity contribution in [3.8, 4) is 0 Å². The molecule has 114 valence electrons. The van der Waals surface area contributed by atoms with E-state index in [0.717, 1.165) is 17.7 Å². The van der Waals surface area contributed by atoms with Crippen LogP contribution in [0.2, 0.25) is 0 Å². The third-order valence-electron chi connectivity index (χ3n) is 3.90. The summed E-state index contributed by atoms with van der Waals surface area (Å²) in [6.07, 6.45) is 0. The van der Waals surface area contributed by atoms with Crippen molar-refractivity contribution in [2.24, 2.45) is 0 Å². The van der Waals surface area contributed by atoms with Gasteiger partial charge in [0.1, 0.15) is 0 Å². The van der Waals surface area contributed by atoms with Crippen LogP contribution in [0.5, 0.6) is 0 Å². The minimum atomic E-state index is 0.0582. The number of hydrogen-bond donors (Lipinski definition) is 0. The van der Waals surface area contributed by atoms with Crippen LogP contribution in [-0.4, -0.2) is 35.1 Å². The van der Waals surface area contributed by atoms with Crippen LogP contribution in [0.15, 0.2) is 36.4 Å². The summed E-state index contributed by atoms with van der Waals surface area (Å²) >= 11 is 0. The molecule has 0 aromatic heterocycles. The van der Waals surface area contributed by atoms with Crippen molar-refractivity contribution >= 4 is 5.91 Å². The predicted octanol–water partition coefficient (Wildman–Crippen LogP) is 3.62. The molecule has 1 fully saturated rings. The third-order valence-corrected chi connectivity index (χ3v) is 3.90. The number of hydrogen-bond acceptors (Lipinski definition) is 2. The van der Waals surface area contributed by atoms with Gasteiger partial charge in [0.25, 0.3) is 5.91 Å². The minimum absolute atomic E-state index is 0.0582. The highest BCUT2D eigenvalue weighted by Crippen LogP contribution is 2.24. The zero-order valence-corrected chi connectivity index (χ0v) is 13.8. The van der Waals surface area contributed by atoms with E-state index in [-0.39, 0.29) is 11.3 Å². The quantitative estimate of drug-likeness (QED) is 0.775. The molecule has 0 saturated carbocycles. The second-order valence-electron chi connectivity index (χ2n) is 7.13. The van der Waals surface area contributed by atoms with E-state index in [1.54, 1.807) is 0 Å². The Kier molecular flexibility index (Phi) is 4.24. The van der Waals surface area contributed by atoms with Crippen molar-refractivity contribution in [3.05, 3.63) is 47.5 Å². The molecule has 1 aliphatic rings. The molecule has 0 unspecified atom stereocenters. The SMILES string of the molecule is C=C1CN(C(=O)c2ccc(C(C)(C)C)cc2)N(C(C)C)C1. The summed E-state index contributed by atoms with van der Waals surface area (Å²) in [5.74, 6) is 0.0582. The normalized spacial score (nSPS) is 16.9. The molecule has 21 heavy (non-hydrogen) atoms. The maximum absolute atomic E-state index is 12.7. The van der Waals surface area contributed by atoms with Gasteiger partial charge in [-0.1, -0.05) is 39.5 Å². The molecular weight excluding hydrogens is 260 g/mol. The van der Waals surface area contributed by atoms with Gasteiger partial charge in [0.05, 0.1) is 6.54 Å². The number of carbonyl (C=O) groups excluding carboxylic acids is 1. The van der Waals surface area contributed by atoms with Crippen LogP contribution >= 0.6 is 0 Å². The summed E-state index contributed by atoms with van der Waals surface area (Å²) in [4.78, 5) is 12.7. The second kappa shape index (κ2) is 5.64. The molecule has 1 aromatic carbocycles. The molecule has 3 nitrogen and oxygen atoms in total. The van der Waals surface area contributed by atoms with Crippen molar-refractivity contribution in [2.45, 2.75) is 46.1 Å². The van der Waals surface area contributed by atoms with Crippen molar-refractivity contribution in [2.75, 3.05) is 13.1 Å². The van der Waals surface area contributed by atoms with E-state index in [4.69, 9.17) is 0 Å². The monoisotopic (exact) mass is 286 g/mol. The topological polar surface area (TPSA) is 23.6 Å². The molecule has 0 N–H and O–H groups in total. The van der Waals surface area contributed by atoms with E-state index in [0.29, 0.717) is 12.6 Å². The predicted molar refractivity (Wildman–Crippen MR) is 87.2 cm³/mol. The Hall–Kier alpha value is -1.61. The Morgan fingerprint density at radius 2 is 1.71 bits per heavy atom. The van der Waals surface area contributed by atoms with E-state index in [9.17, 15) is 4.79 Å². The first-order chi connectivity index (χ1) is 9.70. The average molecular weight is 286 g/mol. The lowest BCUT2D eigenvalue weighted by molar-refractivity contribution is 0.00489. The summed E-state index contributed by atoms with van der Waals surface area (Å²) in [6, 6.07) is 8.27. The fourth-order valence-electron chi connectivity index (χ4n) is 2.58. The van der Waals surface area contributed by atoms with Crippen LogP contribution in [0.25, 0.3) is 0 Å². The molecule has 2 rings (SSSR count). The van der Waals surface area contributed by atoms with Gasteiger partial charge < -0.3 is 0 Å². The van der Waals surface area contributed by atoms with Gasteiger partial charge in [-0.05, 0) is 42.5 Å². The smallest absolute Gasteiger partial charge is 0.268 e. The average Bonchev–Trinajstić information content (AvgIpc) is 2.79. The van der Waals surface area contributed by atoms with Gasteiger partial charge in [-0.3, -0.25) is 9.80 Å². The van der Waals surface area contributed by atoms with Crippen molar-refractivity contribution in [1.29, 1.82) is 0 Å². The lowest BCUT2D eigenvalue weighted by Gasteiger charge is -2.31. The molecular formula is C18H26N2O. The van der Waals surface area contributed by atoms with Crippen molar-refractivity contribution in [1.82, 2.24) is 10.0 Å². The molecule has 1 aromatic rings. The zero-order chi connectivity index (χ0) is 15.8. The zero-order valence-electron chi connectivity index (χ0n) is 13.8. The van der Waals surface area contributed by atoms with Crippen molar-refractivity contribution in [3.63, 3.8) is 0 Å². The highest BCUT2D eigenvalue weighted by molar-refractivity contribution is 5.94. The Bertz CT molecular complexity index is 537. The maximum atomic E-state index is 12.7. The van der Waals surface area contributed by atoms with Crippen LogP contribution in [0.4, 0.5) is 0 Å². The van der Waals surface area contributed by atoms with E-state index >= 15 is 0 Å². The van der Waals surface area contributed by atoms with Gasteiger partial charge in [-0.2, -0.15) is 0 Å². The number of nitrogens with zero attached hydrogens (tertiary/aromatic N) is 2. The van der Waals surface area contributed by atoms with E-state index < -0.39 is 0 Å². The van der Waals surface area contributed by atoms with Gasteiger partial charge in [0.15, 0.2) is 0 Å². The maximum Gasteiger partial charge on any atom is 0.268 e. The molecule has 0 bridgehead atoms. The molecule has 0 spiro atoms. The molecule has 3 heteroatoms. The molecule has 0 aliphatic carbocycles. The Morgan fingerprint density at radius 3 is 2.19 bits per heavy atom. The molecule has 1 amide bonds. The fourth-order valence-corrected chi connectivity index (χ4v) is 2.58. The van der Waals surface area contributed by atoms with E-state index in [2.05, 4.69) is 58.3 Å². The summed E-state index contributed by atoms with van der Waals surface area (Å²) in [5.41, 5.74) is 3.17. The second-order valence-corrected chi connectivity index (χ2v) is 7.13. The molecule has 0 atom stereocenters. The van der Waals surface area contributed by atoms with Crippen LogP contribution in [0.1, 0.15) is 50.5 Å². The number of hydrazine groups is 1. The molecule has 1 aliphatic heterocycles. The molecule has 0 radical (unpaired) electrons. The van der Waals surface area contributed by atoms with Crippen LogP contribution in [0, 0.1) is 0 Å². The van der Waals surface area contributed by atoms with Crippen LogP contribution in [0.3, 0.4) is 0 Å². The number of benzene rings is 1. The summed E-state index contributed by atoms with van der Waals surface area (Å²) in [5, 5.41) is 3.90. The Balaban J connectivity index is 2.22. The highest BCUT2D eigenvalue weighted by Gasteiger charge is 2.31. The molecule has 1 heterocycles. The third kappa shape index (κ3) is 3.35. The minimum Gasteiger partial charge on any atom is -0.268 e. The Labute approximate surface area is 128 Å². The number of rotatable bonds is 2. The number of amides is 1. The van der Waals surface area contributed by atoms with Crippen LogP contribution in [-0.2, 0) is 5.41 Å². The fraction of sp³-hybridized carbons (Fsp3) is 0.500.